The minimum absolute atomic E-state index is 0.596. The maximum atomic E-state index is 5.94. The number of anilines is 1. The van der Waals surface area contributed by atoms with Crippen LogP contribution in [0.25, 0.3) is 22.6 Å². The van der Waals surface area contributed by atoms with Gasteiger partial charge in [-0.2, -0.15) is 0 Å². The summed E-state index contributed by atoms with van der Waals surface area (Å²) in [6.45, 7) is 1.99. The Morgan fingerprint density at radius 3 is 2.89 bits per heavy atom. The van der Waals surface area contributed by atoms with Crippen molar-refractivity contribution in [3.63, 3.8) is 0 Å². The van der Waals surface area contributed by atoms with Gasteiger partial charge >= 0.3 is 0 Å². The van der Waals surface area contributed by atoms with Crippen LogP contribution < -0.4 is 5.73 Å². The average molecular weight is 259 g/mol. The molecule has 90 valence electrons. The number of rotatable bonds is 1. The van der Waals surface area contributed by atoms with Crippen LogP contribution in [0.3, 0.4) is 0 Å². The molecule has 0 radical (unpaired) electrons. The molecule has 18 heavy (non-hydrogen) atoms. The summed E-state index contributed by atoms with van der Waals surface area (Å²) in [4.78, 5) is 11.9. The van der Waals surface area contributed by atoms with Crippen molar-refractivity contribution in [1.82, 2.24) is 15.0 Å². The fourth-order valence-corrected chi connectivity index (χ4v) is 2.06. The van der Waals surface area contributed by atoms with Crippen molar-refractivity contribution in [2.45, 2.75) is 6.92 Å². The summed E-state index contributed by atoms with van der Waals surface area (Å²) < 4.78 is 0. The van der Waals surface area contributed by atoms with E-state index in [-0.39, 0.29) is 0 Å². The molecule has 3 N–H and O–H groups in total. The van der Waals surface area contributed by atoms with Crippen molar-refractivity contribution in [2.24, 2.45) is 0 Å². The van der Waals surface area contributed by atoms with Crippen LogP contribution in [0.1, 0.15) is 5.56 Å². The maximum absolute atomic E-state index is 5.94. The lowest BCUT2D eigenvalue weighted by molar-refractivity contribution is 1.28. The van der Waals surface area contributed by atoms with Crippen LogP contribution >= 0.6 is 11.6 Å². The number of hydrogen-bond acceptors (Lipinski definition) is 3. The van der Waals surface area contributed by atoms with Gasteiger partial charge in [-0.15, -0.1) is 0 Å². The highest BCUT2D eigenvalue weighted by Crippen LogP contribution is 2.27. The molecule has 0 aliphatic heterocycles. The fourth-order valence-electron chi connectivity index (χ4n) is 1.88. The Hall–Kier alpha value is -2.07. The molecular weight excluding hydrogens is 248 g/mol. The molecule has 0 amide bonds. The molecule has 3 rings (SSSR count). The Bertz CT molecular complexity index is 733. The second-order valence-electron chi connectivity index (χ2n) is 4.20. The van der Waals surface area contributed by atoms with Gasteiger partial charge in [0, 0.05) is 22.5 Å². The van der Waals surface area contributed by atoms with E-state index in [1.807, 2.05) is 19.1 Å². The Kier molecular flexibility index (Phi) is 2.45. The largest absolute Gasteiger partial charge is 0.398 e. The van der Waals surface area contributed by atoms with Gasteiger partial charge in [-0.1, -0.05) is 11.6 Å². The van der Waals surface area contributed by atoms with E-state index in [2.05, 4.69) is 15.0 Å². The number of imidazole rings is 1. The number of aryl methyl sites for hydroxylation is 1. The minimum Gasteiger partial charge on any atom is -0.398 e. The van der Waals surface area contributed by atoms with Crippen molar-refractivity contribution in [3.8, 4) is 11.4 Å². The van der Waals surface area contributed by atoms with Crippen LogP contribution in [0.2, 0.25) is 5.02 Å². The number of aromatic amines is 1. The number of aromatic nitrogens is 3. The molecule has 0 saturated carbocycles. The summed E-state index contributed by atoms with van der Waals surface area (Å²) in [5.74, 6) is 0.706. The maximum Gasteiger partial charge on any atom is 0.178 e. The monoisotopic (exact) mass is 258 g/mol. The van der Waals surface area contributed by atoms with Gasteiger partial charge in [0.15, 0.2) is 5.65 Å². The summed E-state index contributed by atoms with van der Waals surface area (Å²) in [5, 5.41) is 0.612. The Labute approximate surface area is 109 Å². The number of nitrogen functional groups attached to an aromatic ring is 1. The van der Waals surface area contributed by atoms with E-state index in [4.69, 9.17) is 17.3 Å². The Balaban J connectivity index is 2.19. The van der Waals surface area contributed by atoms with Crippen molar-refractivity contribution in [1.29, 1.82) is 0 Å². The van der Waals surface area contributed by atoms with E-state index in [0.29, 0.717) is 22.2 Å². The minimum atomic E-state index is 0.596. The molecule has 0 aliphatic carbocycles. The summed E-state index contributed by atoms with van der Waals surface area (Å²) in [7, 11) is 0. The van der Waals surface area contributed by atoms with Crippen LogP contribution in [0.15, 0.2) is 30.5 Å². The van der Waals surface area contributed by atoms with E-state index in [1.54, 1.807) is 18.3 Å². The smallest absolute Gasteiger partial charge is 0.178 e. The van der Waals surface area contributed by atoms with Gasteiger partial charge in [0.1, 0.15) is 5.82 Å². The first-order chi connectivity index (χ1) is 8.63. The predicted octanol–water partition coefficient (Wildman–Crippen LogP) is 3.17. The molecule has 4 nitrogen and oxygen atoms in total. The molecule has 2 aromatic heterocycles. The van der Waals surface area contributed by atoms with Crippen molar-refractivity contribution >= 4 is 28.5 Å². The van der Waals surface area contributed by atoms with E-state index in [0.717, 1.165) is 16.6 Å². The number of nitrogens with two attached hydrogens (primary N) is 1. The van der Waals surface area contributed by atoms with Crippen LogP contribution in [0.5, 0.6) is 0 Å². The zero-order valence-corrected chi connectivity index (χ0v) is 10.5. The topological polar surface area (TPSA) is 67.6 Å². The lowest BCUT2D eigenvalue weighted by Gasteiger charge is -2.01. The van der Waals surface area contributed by atoms with Gasteiger partial charge in [0.05, 0.1) is 5.52 Å². The third kappa shape index (κ3) is 1.80. The molecule has 0 unspecified atom stereocenters. The Morgan fingerprint density at radius 2 is 2.11 bits per heavy atom. The van der Waals surface area contributed by atoms with Gasteiger partial charge in [0.25, 0.3) is 0 Å². The molecule has 2 heterocycles. The molecule has 0 atom stereocenters. The number of H-pyrrole nitrogens is 1. The number of benzene rings is 1. The first-order valence-corrected chi connectivity index (χ1v) is 5.89. The second kappa shape index (κ2) is 3.99. The molecule has 0 spiro atoms. The van der Waals surface area contributed by atoms with E-state index < -0.39 is 0 Å². The third-order valence-corrected chi connectivity index (χ3v) is 2.98. The molecule has 0 fully saturated rings. The highest BCUT2D eigenvalue weighted by atomic mass is 35.5. The van der Waals surface area contributed by atoms with E-state index in [1.165, 1.54) is 0 Å². The van der Waals surface area contributed by atoms with Gasteiger partial charge < -0.3 is 10.7 Å². The number of nitrogens with one attached hydrogen (secondary N) is 1. The first-order valence-electron chi connectivity index (χ1n) is 5.51. The van der Waals surface area contributed by atoms with Gasteiger partial charge in [0.2, 0.25) is 0 Å². The Morgan fingerprint density at radius 1 is 1.28 bits per heavy atom. The van der Waals surface area contributed by atoms with E-state index in [9.17, 15) is 0 Å². The fraction of sp³-hybridized carbons (Fsp3) is 0.0769. The number of hydrogen-bond donors (Lipinski definition) is 2. The summed E-state index contributed by atoms with van der Waals surface area (Å²) in [6, 6.07) is 7.36. The van der Waals surface area contributed by atoms with Crippen molar-refractivity contribution in [3.05, 3.63) is 41.0 Å². The van der Waals surface area contributed by atoms with Crippen LogP contribution in [0, 0.1) is 6.92 Å². The molecular formula is C13H11ClN4. The van der Waals surface area contributed by atoms with Crippen molar-refractivity contribution in [2.75, 3.05) is 5.73 Å². The highest BCUT2D eigenvalue weighted by Gasteiger charge is 2.09. The first kappa shape index (κ1) is 11.0. The van der Waals surface area contributed by atoms with Gasteiger partial charge in [-0.05, 0) is 36.8 Å². The standard InChI is InChI=1S/C13H11ClN4/c1-7-4-11-13(16-6-7)18-12(17-11)9-3-2-8(14)5-10(9)15/h2-6H,15H2,1H3,(H,16,17,18). The number of fused-ring (bicyclic) bond motifs is 1. The SMILES string of the molecule is Cc1cnc2nc(-c3ccc(Cl)cc3N)[nH]c2c1. The average Bonchev–Trinajstić information content (AvgIpc) is 2.71. The zero-order valence-electron chi connectivity index (χ0n) is 9.74. The summed E-state index contributed by atoms with van der Waals surface area (Å²) in [6.07, 6.45) is 1.79. The quantitative estimate of drug-likeness (QED) is 0.659. The second-order valence-corrected chi connectivity index (χ2v) is 4.64. The highest BCUT2D eigenvalue weighted by molar-refractivity contribution is 6.31. The number of halogens is 1. The molecule has 0 bridgehead atoms. The molecule has 0 aliphatic rings. The summed E-state index contributed by atoms with van der Waals surface area (Å²) in [5.41, 5.74) is 10.0. The number of nitrogens with zero attached hydrogens (tertiary/aromatic N) is 2. The van der Waals surface area contributed by atoms with E-state index >= 15 is 0 Å². The lowest BCUT2D eigenvalue weighted by Crippen LogP contribution is -1.91. The lowest BCUT2D eigenvalue weighted by atomic mass is 10.2. The zero-order chi connectivity index (χ0) is 12.7. The van der Waals surface area contributed by atoms with Gasteiger partial charge in [-0.3, -0.25) is 0 Å². The molecule has 3 aromatic rings. The molecule has 0 saturated heterocycles. The van der Waals surface area contributed by atoms with Crippen LogP contribution in [0.4, 0.5) is 5.69 Å². The molecule has 1 aromatic carbocycles. The van der Waals surface area contributed by atoms with Crippen molar-refractivity contribution < 1.29 is 0 Å². The predicted molar refractivity (Wildman–Crippen MR) is 73.5 cm³/mol. The van der Waals surface area contributed by atoms with Crippen LogP contribution in [-0.4, -0.2) is 15.0 Å². The number of pyridine rings is 1. The third-order valence-electron chi connectivity index (χ3n) is 2.74. The van der Waals surface area contributed by atoms with Crippen LogP contribution in [-0.2, 0) is 0 Å². The summed E-state index contributed by atoms with van der Waals surface area (Å²) >= 11 is 5.88. The molecule has 5 heteroatoms. The van der Waals surface area contributed by atoms with Gasteiger partial charge in [-0.25, -0.2) is 9.97 Å². The normalized spacial score (nSPS) is 11.0.